The number of rotatable bonds is 4. The molecule has 0 radical (unpaired) electrons. The van der Waals surface area contributed by atoms with Crippen molar-refractivity contribution in [1.82, 2.24) is 15.1 Å². The summed E-state index contributed by atoms with van der Waals surface area (Å²) in [4.78, 5) is 4.57. The maximum Gasteiger partial charge on any atom is 0.416 e. The third kappa shape index (κ3) is 4.24. The van der Waals surface area contributed by atoms with Crippen LogP contribution in [0.2, 0.25) is 0 Å². The maximum absolute atomic E-state index is 13.1. The van der Waals surface area contributed by atoms with Crippen LogP contribution in [-0.4, -0.2) is 53.4 Å². The Morgan fingerprint density at radius 3 is 2.47 bits per heavy atom. The van der Waals surface area contributed by atoms with E-state index in [9.17, 15) is 18.3 Å². The summed E-state index contributed by atoms with van der Waals surface area (Å²) in [5.41, 5.74) is 2.09. The van der Waals surface area contributed by atoms with Crippen LogP contribution >= 0.6 is 0 Å². The molecule has 30 heavy (non-hydrogen) atoms. The van der Waals surface area contributed by atoms with Crippen molar-refractivity contribution in [2.24, 2.45) is 5.92 Å². The van der Waals surface area contributed by atoms with E-state index in [1.54, 1.807) is 6.92 Å². The first-order valence-corrected chi connectivity index (χ1v) is 10.4. The van der Waals surface area contributed by atoms with Crippen LogP contribution in [0.5, 0.6) is 5.75 Å². The zero-order chi connectivity index (χ0) is 21.5. The van der Waals surface area contributed by atoms with Gasteiger partial charge in [0.2, 0.25) is 0 Å². The van der Waals surface area contributed by atoms with Crippen LogP contribution in [0.4, 0.5) is 18.9 Å². The number of likely N-dealkylation sites (tertiary alicyclic amines) is 1. The van der Waals surface area contributed by atoms with Gasteiger partial charge in [0.15, 0.2) is 0 Å². The van der Waals surface area contributed by atoms with Gasteiger partial charge in [-0.3, -0.25) is 0 Å². The van der Waals surface area contributed by atoms with Crippen LogP contribution in [0.1, 0.15) is 36.1 Å². The number of aromatic hydroxyl groups is 1. The standard InChI is InChI=1S/C22H27F3N4O/c1-14-9-16(22(23,24)25)11-20(30)21(14)18-12-19(29-7-4-8-29)17(26-27-18)10-15-5-3-6-28(2)13-15/h9,11-12,15,30H,3-8,10,13H2,1-2H3/t15-/m0/s1. The molecular weight excluding hydrogens is 393 g/mol. The van der Waals surface area contributed by atoms with Gasteiger partial charge >= 0.3 is 6.18 Å². The summed E-state index contributed by atoms with van der Waals surface area (Å²) in [5.74, 6) is 0.0953. The second kappa shape index (κ2) is 8.06. The van der Waals surface area contributed by atoms with E-state index < -0.39 is 17.5 Å². The monoisotopic (exact) mass is 420 g/mol. The number of aromatic nitrogens is 2. The van der Waals surface area contributed by atoms with Gasteiger partial charge in [0.05, 0.1) is 22.6 Å². The number of piperidine rings is 1. The number of nitrogens with zero attached hydrogens (tertiary/aromatic N) is 4. The van der Waals surface area contributed by atoms with E-state index in [1.165, 1.54) is 6.42 Å². The number of benzene rings is 1. The third-order valence-corrected chi connectivity index (χ3v) is 6.15. The summed E-state index contributed by atoms with van der Waals surface area (Å²) >= 11 is 0. The first kappa shape index (κ1) is 20.9. The molecule has 2 aliphatic rings. The van der Waals surface area contributed by atoms with Crippen LogP contribution in [0, 0.1) is 12.8 Å². The molecule has 2 aromatic rings. The van der Waals surface area contributed by atoms with Gasteiger partial charge in [-0.2, -0.15) is 18.3 Å². The van der Waals surface area contributed by atoms with Crippen molar-refractivity contribution in [2.75, 3.05) is 38.1 Å². The summed E-state index contributed by atoms with van der Waals surface area (Å²) < 4.78 is 39.2. The van der Waals surface area contributed by atoms with Crippen molar-refractivity contribution in [2.45, 2.75) is 38.8 Å². The lowest BCUT2D eigenvalue weighted by molar-refractivity contribution is -0.137. The van der Waals surface area contributed by atoms with E-state index in [0.717, 1.165) is 69.0 Å². The highest BCUT2D eigenvalue weighted by atomic mass is 19.4. The molecule has 0 bridgehead atoms. The second-order valence-corrected chi connectivity index (χ2v) is 8.56. The zero-order valence-electron chi connectivity index (χ0n) is 17.3. The fourth-order valence-electron chi connectivity index (χ4n) is 4.48. The van der Waals surface area contributed by atoms with E-state index in [2.05, 4.69) is 27.0 Å². The summed E-state index contributed by atoms with van der Waals surface area (Å²) in [6, 6.07) is 3.69. The summed E-state index contributed by atoms with van der Waals surface area (Å²) in [5, 5.41) is 19.2. The fourth-order valence-corrected chi connectivity index (χ4v) is 4.48. The number of aryl methyl sites for hydroxylation is 1. The number of hydrogen-bond acceptors (Lipinski definition) is 5. The molecule has 2 saturated heterocycles. The number of anilines is 1. The van der Waals surface area contributed by atoms with Crippen LogP contribution in [-0.2, 0) is 12.6 Å². The molecule has 1 atom stereocenters. The Morgan fingerprint density at radius 2 is 1.87 bits per heavy atom. The molecule has 8 heteroatoms. The molecule has 4 rings (SSSR count). The largest absolute Gasteiger partial charge is 0.507 e. The first-order valence-electron chi connectivity index (χ1n) is 10.4. The Bertz CT molecular complexity index is 904. The molecule has 1 aromatic carbocycles. The number of phenols is 1. The van der Waals surface area contributed by atoms with Crippen molar-refractivity contribution in [3.63, 3.8) is 0 Å². The van der Waals surface area contributed by atoms with Crippen LogP contribution in [0.25, 0.3) is 11.3 Å². The van der Waals surface area contributed by atoms with E-state index in [0.29, 0.717) is 22.7 Å². The zero-order valence-corrected chi connectivity index (χ0v) is 17.3. The predicted molar refractivity (Wildman–Crippen MR) is 110 cm³/mol. The van der Waals surface area contributed by atoms with Crippen molar-refractivity contribution >= 4 is 5.69 Å². The predicted octanol–water partition coefficient (Wildman–Crippen LogP) is 4.27. The topological polar surface area (TPSA) is 52.5 Å². The molecular formula is C22H27F3N4O. The van der Waals surface area contributed by atoms with Crippen LogP contribution < -0.4 is 4.90 Å². The van der Waals surface area contributed by atoms with E-state index >= 15 is 0 Å². The molecule has 3 heterocycles. The van der Waals surface area contributed by atoms with Gasteiger partial charge < -0.3 is 14.9 Å². The molecule has 2 aliphatic heterocycles. The van der Waals surface area contributed by atoms with Gasteiger partial charge in [-0.1, -0.05) is 0 Å². The Kier molecular flexibility index (Phi) is 5.61. The minimum Gasteiger partial charge on any atom is -0.507 e. The number of hydrogen-bond donors (Lipinski definition) is 1. The van der Waals surface area contributed by atoms with Crippen LogP contribution in [0.15, 0.2) is 18.2 Å². The second-order valence-electron chi connectivity index (χ2n) is 8.56. The average molecular weight is 420 g/mol. The van der Waals surface area contributed by atoms with Gasteiger partial charge in [-0.05, 0) is 75.9 Å². The third-order valence-electron chi connectivity index (χ3n) is 6.15. The Morgan fingerprint density at radius 1 is 1.10 bits per heavy atom. The number of phenolic OH excluding ortho intramolecular Hbond substituents is 1. The SMILES string of the molecule is Cc1cc(C(F)(F)F)cc(O)c1-c1cc(N2CCC2)c(C[C@@H]2CCCN(C)C2)nn1. The van der Waals surface area contributed by atoms with Gasteiger partial charge in [-0.25, -0.2) is 0 Å². The van der Waals surface area contributed by atoms with Gasteiger partial charge in [0.25, 0.3) is 0 Å². The molecule has 0 amide bonds. The van der Waals surface area contributed by atoms with Crippen LogP contribution in [0.3, 0.4) is 0 Å². The Hall–Kier alpha value is -2.35. The molecule has 2 fully saturated rings. The van der Waals surface area contributed by atoms with Gasteiger partial charge in [-0.15, -0.1) is 5.10 Å². The Balaban J connectivity index is 1.68. The highest BCUT2D eigenvalue weighted by Crippen LogP contribution is 2.40. The summed E-state index contributed by atoms with van der Waals surface area (Å²) in [6.07, 6.45) is -0.238. The van der Waals surface area contributed by atoms with E-state index in [-0.39, 0.29) is 0 Å². The molecule has 0 aliphatic carbocycles. The van der Waals surface area contributed by atoms with Gasteiger partial charge in [0.1, 0.15) is 5.75 Å². The van der Waals surface area contributed by atoms with Crippen molar-refractivity contribution in [3.05, 3.63) is 35.0 Å². The Labute approximate surface area is 174 Å². The molecule has 0 unspecified atom stereocenters. The normalized spacial score (nSPS) is 20.3. The average Bonchev–Trinajstić information content (AvgIpc) is 2.61. The molecule has 5 nitrogen and oxygen atoms in total. The quantitative estimate of drug-likeness (QED) is 0.801. The number of halogens is 3. The van der Waals surface area contributed by atoms with Crippen molar-refractivity contribution < 1.29 is 18.3 Å². The fraction of sp³-hybridized carbons (Fsp3) is 0.545. The smallest absolute Gasteiger partial charge is 0.416 e. The maximum atomic E-state index is 13.1. The highest BCUT2D eigenvalue weighted by Gasteiger charge is 2.32. The van der Waals surface area contributed by atoms with Crippen molar-refractivity contribution in [1.29, 1.82) is 0 Å². The lowest BCUT2D eigenvalue weighted by Gasteiger charge is -2.35. The van der Waals surface area contributed by atoms with Crippen molar-refractivity contribution in [3.8, 4) is 17.0 Å². The van der Waals surface area contributed by atoms with E-state index in [1.807, 2.05) is 6.07 Å². The number of alkyl halides is 3. The molecule has 0 saturated carbocycles. The first-order chi connectivity index (χ1) is 14.2. The molecule has 1 N–H and O–H groups in total. The summed E-state index contributed by atoms with van der Waals surface area (Å²) in [6.45, 7) is 5.57. The highest BCUT2D eigenvalue weighted by molar-refractivity contribution is 5.74. The molecule has 1 aromatic heterocycles. The lowest BCUT2D eigenvalue weighted by Crippen LogP contribution is -2.38. The minimum absolute atomic E-state index is 0.307. The van der Waals surface area contributed by atoms with E-state index in [4.69, 9.17) is 0 Å². The summed E-state index contributed by atoms with van der Waals surface area (Å²) in [7, 11) is 2.13. The molecule has 162 valence electrons. The minimum atomic E-state index is -4.51. The van der Waals surface area contributed by atoms with Gasteiger partial charge in [0, 0.05) is 25.2 Å². The lowest BCUT2D eigenvalue weighted by atomic mass is 9.92. The molecule has 0 spiro atoms.